The zero-order chi connectivity index (χ0) is 12.7. The fraction of sp³-hybridized carbons (Fsp3) is 0.286. The van der Waals surface area contributed by atoms with Gasteiger partial charge in [-0.25, -0.2) is 4.79 Å². The number of aliphatic carboxylic acids is 1. The quantitative estimate of drug-likeness (QED) is 0.628. The minimum atomic E-state index is -1.40. The average Bonchev–Trinajstić information content (AvgIpc) is 2.75. The second-order valence-corrected chi connectivity index (χ2v) is 4.68. The Morgan fingerprint density at radius 1 is 1.17 bits per heavy atom. The first kappa shape index (κ1) is 11.0. The number of carboxylic acids is 1. The number of aromatic nitrogens is 1. The van der Waals surface area contributed by atoms with Crippen molar-refractivity contribution in [2.75, 3.05) is 0 Å². The molecule has 0 atom stereocenters. The highest BCUT2D eigenvalue weighted by molar-refractivity contribution is 6.40. The molecule has 0 spiro atoms. The zero-order valence-corrected chi connectivity index (χ0v) is 9.82. The number of carboxylic acid groups (broad SMARTS) is 1. The molecule has 4 nitrogen and oxygen atoms in total. The van der Waals surface area contributed by atoms with E-state index in [1.54, 1.807) is 18.2 Å². The molecule has 0 radical (unpaired) electrons. The number of carbonyl (C=O) groups is 2. The summed E-state index contributed by atoms with van der Waals surface area (Å²) in [6.45, 7) is 0. The molecule has 3 rings (SSSR count). The molecule has 0 aliphatic heterocycles. The summed E-state index contributed by atoms with van der Waals surface area (Å²) in [4.78, 5) is 25.5. The lowest BCUT2D eigenvalue weighted by molar-refractivity contribution is -0.131. The third-order valence-corrected chi connectivity index (χ3v) is 3.55. The van der Waals surface area contributed by atoms with Gasteiger partial charge in [0, 0.05) is 22.2 Å². The molecule has 1 aliphatic rings. The van der Waals surface area contributed by atoms with Crippen LogP contribution in [0.25, 0.3) is 10.9 Å². The maximum atomic E-state index is 11.5. The fourth-order valence-electron chi connectivity index (χ4n) is 2.67. The van der Waals surface area contributed by atoms with Crippen LogP contribution in [0, 0.1) is 0 Å². The van der Waals surface area contributed by atoms with Crippen molar-refractivity contribution in [3.63, 3.8) is 0 Å². The van der Waals surface area contributed by atoms with Gasteiger partial charge in [0.1, 0.15) is 0 Å². The van der Waals surface area contributed by atoms with Crippen LogP contribution < -0.4 is 0 Å². The Kier molecular flexibility index (Phi) is 2.44. The van der Waals surface area contributed by atoms with E-state index in [0.29, 0.717) is 0 Å². The highest BCUT2D eigenvalue weighted by Crippen LogP contribution is 2.29. The molecule has 1 aromatic heterocycles. The summed E-state index contributed by atoms with van der Waals surface area (Å²) in [6, 6.07) is 5.07. The van der Waals surface area contributed by atoms with Crippen LogP contribution in [0.15, 0.2) is 18.2 Å². The van der Waals surface area contributed by atoms with Crippen LogP contribution in [0.2, 0.25) is 0 Å². The summed E-state index contributed by atoms with van der Waals surface area (Å²) in [7, 11) is 0. The van der Waals surface area contributed by atoms with Crippen LogP contribution in [-0.2, 0) is 17.6 Å². The third kappa shape index (κ3) is 1.61. The van der Waals surface area contributed by atoms with E-state index in [1.807, 2.05) is 0 Å². The number of hydrogen-bond donors (Lipinski definition) is 2. The number of aryl methyl sites for hydroxylation is 2. The molecule has 92 valence electrons. The summed E-state index contributed by atoms with van der Waals surface area (Å²) < 4.78 is 0. The molecule has 1 aromatic carbocycles. The number of aromatic amines is 1. The number of ketones is 1. The number of rotatable bonds is 2. The first-order valence-corrected chi connectivity index (χ1v) is 6.08. The highest BCUT2D eigenvalue weighted by atomic mass is 16.4. The predicted octanol–water partition coefficient (Wildman–Crippen LogP) is 2.31. The van der Waals surface area contributed by atoms with Crippen molar-refractivity contribution in [3.8, 4) is 0 Å². The maximum absolute atomic E-state index is 11.5. The van der Waals surface area contributed by atoms with Gasteiger partial charge in [0.05, 0.1) is 0 Å². The first-order valence-electron chi connectivity index (χ1n) is 6.08. The van der Waals surface area contributed by atoms with E-state index < -0.39 is 11.8 Å². The Bertz CT molecular complexity index is 654. The van der Waals surface area contributed by atoms with Gasteiger partial charge in [0.15, 0.2) is 0 Å². The molecule has 18 heavy (non-hydrogen) atoms. The van der Waals surface area contributed by atoms with E-state index >= 15 is 0 Å². The maximum Gasteiger partial charge on any atom is 0.377 e. The topological polar surface area (TPSA) is 70.2 Å². The number of benzene rings is 1. The minimum Gasteiger partial charge on any atom is -0.475 e. The van der Waals surface area contributed by atoms with E-state index in [0.717, 1.165) is 30.2 Å². The van der Waals surface area contributed by atoms with E-state index in [-0.39, 0.29) is 5.56 Å². The van der Waals surface area contributed by atoms with Gasteiger partial charge in [0.25, 0.3) is 5.78 Å². The van der Waals surface area contributed by atoms with Gasteiger partial charge in [-0.15, -0.1) is 0 Å². The Labute approximate surface area is 104 Å². The number of Topliss-reactive ketones (excluding diaryl/α,β-unsaturated/α-hetero) is 1. The van der Waals surface area contributed by atoms with Crippen molar-refractivity contribution in [3.05, 3.63) is 35.0 Å². The Morgan fingerprint density at radius 3 is 2.72 bits per heavy atom. The van der Waals surface area contributed by atoms with E-state index in [1.165, 1.54) is 17.7 Å². The van der Waals surface area contributed by atoms with Gasteiger partial charge in [-0.2, -0.15) is 0 Å². The Hall–Kier alpha value is -2.10. The smallest absolute Gasteiger partial charge is 0.377 e. The van der Waals surface area contributed by atoms with Crippen LogP contribution in [0.3, 0.4) is 0 Å². The third-order valence-electron chi connectivity index (χ3n) is 3.55. The molecule has 0 saturated carbocycles. The average molecular weight is 243 g/mol. The van der Waals surface area contributed by atoms with Crippen LogP contribution >= 0.6 is 0 Å². The lowest BCUT2D eigenvalue weighted by Crippen LogP contribution is -2.12. The summed E-state index contributed by atoms with van der Waals surface area (Å²) in [5.41, 5.74) is 3.72. The molecule has 1 heterocycles. The molecule has 0 saturated heterocycles. The Balaban J connectivity index is 2.16. The van der Waals surface area contributed by atoms with Crippen molar-refractivity contribution in [2.24, 2.45) is 0 Å². The number of hydrogen-bond acceptors (Lipinski definition) is 2. The van der Waals surface area contributed by atoms with Gasteiger partial charge in [0.2, 0.25) is 0 Å². The lowest BCUT2D eigenvalue weighted by Gasteiger charge is -2.10. The molecule has 1 aliphatic carbocycles. The summed E-state index contributed by atoms with van der Waals surface area (Å²) in [6.07, 6.45) is 4.37. The van der Waals surface area contributed by atoms with Crippen LogP contribution in [-0.4, -0.2) is 21.8 Å². The summed E-state index contributed by atoms with van der Waals surface area (Å²) >= 11 is 0. The number of H-pyrrole nitrogens is 1. The largest absolute Gasteiger partial charge is 0.475 e. The van der Waals surface area contributed by atoms with Crippen LogP contribution in [0.5, 0.6) is 0 Å². The van der Waals surface area contributed by atoms with Crippen LogP contribution in [0.1, 0.15) is 34.5 Å². The van der Waals surface area contributed by atoms with Crippen molar-refractivity contribution in [1.82, 2.24) is 4.98 Å². The first-order chi connectivity index (χ1) is 8.66. The normalized spacial score (nSPS) is 14.4. The molecular weight excluding hydrogens is 230 g/mol. The fourth-order valence-corrected chi connectivity index (χ4v) is 2.67. The zero-order valence-electron chi connectivity index (χ0n) is 9.82. The van der Waals surface area contributed by atoms with E-state index in [4.69, 9.17) is 5.11 Å². The summed E-state index contributed by atoms with van der Waals surface area (Å²) in [5.74, 6) is -2.25. The monoisotopic (exact) mass is 243 g/mol. The lowest BCUT2D eigenvalue weighted by atomic mass is 9.95. The molecular formula is C14H13NO3. The van der Waals surface area contributed by atoms with Crippen molar-refractivity contribution >= 4 is 22.7 Å². The second kappa shape index (κ2) is 3.98. The second-order valence-electron chi connectivity index (χ2n) is 4.68. The van der Waals surface area contributed by atoms with E-state index in [9.17, 15) is 9.59 Å². The molecule has 0 bridgehead atoms. The molecule has 2 N–H and O–H groups in total. The van der Waals surface area contributed by atoms with Crippen molar-refractivity contribution in [2.45, 2.75) is 25.7 Å². The van der Waals surface area contributed by atoms with Crippen molar-refractivity contribution < 1.29 is 14.7 Å². The van der Waals surface area contributed by atoms with Gasteiger partial charge in [-0.3, -0.25) is 4.79 Å². The predicted molar refractivity (Wildman–Crippen MR) is 66.9 cm³/mol. The molecule has 0 fully saturated rings. The highest BCUT2D eigenvalue weighted by Gasteiger charge is 2.19. The molecule has 0 amide bonds. The number of carbonyl (C=O) groups excluding carboxylic acids is 1. The van der Waals surface area contributed by atoms with Gasteiger partial charge >= 0.3 is 5.97 Å². The van der Waals surface area contributed by atoms with Gasteiger partial charge in [-0.1, -0.05) is 0 Å². The molecule has 4 heteroatoms. The molecule has 0 unspecified atom stereocenters. The SMILES string of the molecule is O=C(O)C(=O)c1ccc2[nH]c3c(c2c1)CCCC3. The standard InChI is InChI=1S/C14H13NO3/c16-13(14(17)18)8-5-6-12-10(7-8)9-3-1-2-4-11(9)15-12/h5-7,15H,1-4H2,(H,17,18). The van der Waals surface area contributed by atoms with E-state index in [2.05, 4.69) is 4.98 Å². The van der Waals surface area contributed by atoms with Gasteiger partial charge < -0.3 is 10.1 Å². The van der Waals surface area contributed by atoms with Crippen molar-refractivity contribution in [1.29, 1.82) is 0 Å². The summed E-state index contributed by atoms with van der Waals surface area (Å²) in [5, 5.41) is 9.74. The van der Waals surface area contributed by atoms with Gasteiger partial charge in [-0.05, 0) is 49.4 Å². The Morgan fingerprint density at radius 2 is 1.94 bits per heavy atom. The number of fused-ring (bicyclic) bond motifs is 3. The van der Waals surface area contributed by atoms with Crippen LogP contribution in [0.4, 0.5) is 0 Å². The number of nitrogens with one attached hydrogen (secondary N) is 1. The molecule has 2 aromatic rings. The minimum absolute atomic E-state index is 0.252.